The normalized spacial score (nSPS) is 15.0. The molecule has 4 aromatic rings. The van der Waals surface area contributed by atoms with Gasteiger partial charge in [0.15, 0.2) is 0 Å². The fourth-order valence-corrected chi connectivity index (χ4v) is 6.19. The maximum Gasteiger partial charge on any atom is 0.341 e. The molecule has 1 atom stereocenters. The summed E-state index contributed by atoms with van der Waals surface area (Å²) in [5.41, 5.74) is 3.57. The third kappa shape index (κ3) is 4.42. The molecule has 3 aromatic heterocycles. The highest BCUT2D eigenvalue weighted by Crippen LogP contribution is 2.41. The van der Waals surface area contributed by atoms with Gasteiger partial charge in [-0.2, -0.15) is 0 Å². The van der Waals surface area contributed by atoms with Crippen LogP contribution in [0.1, 0.15) is 50.9 Å². The molecule has 178 valence electrons. The van der Waals surface area contributed by atoms with Crippen LogP contribution in [0.2, 0.25) is 5.02 Å². The Morgan fingerprint density at radius 3 is 2.80 bits per heavy atom. The predicted molar refractivity (Wildman–Crippen MR) is 139 cm³/mol. The summed E-state index contributed by atoms with van der Waals surface area (Å²) in [4.78, 5) is 36.6. The topological polar surface area (TPSA) is 81.2 Å². The number of pyridine rings is 2. The minimum Gasteiger partial charge on any atom is -0.465 e. The molecule has 0 bridgehead atoms. The van der Waals surface area contributed by atoms with Crippen molar-refractivity contribution in [1.82, 2.24) is 9.97 Å². The number of fused-ring (bicyclic) bond motifs is 2. The largest absolute Gasteiger partial charge is 0.465 e. The monoisotopic (exact) mass is 505 g/mol. The van der Waals surface area contributed by atoms with E-state index in [1.807, 2.05) is 24.3 Å². The third-order valence-corrected chi connectivity index (χ3v) is 8.00. The highest BCUT2D eigenvalue weighted by molar-refractivity contribution is 7.17. The summed E-state index contributed by atoms with van der Waals surface area (Å²) < 4.78 is 5.09. The molecular weight excluding hydrogens is 482 g/mol. The summed E-state index contributed by atoms with van der Waals surface area (Å²) in [7, 11) is 1.37. The van der Waals surface area contributed by atoms with Crippen molar-refractivity contribution >= 4 is 50.7 Å². The van der Waals surface area contributed by atoms with Crippen LogP contribution in [0.25, 0.3) is 22.3 Å². The number of hydrogen-bond donors (Lipinski definition) is 1. The number of thiophene rings is 1. The number of aromatic nitrogens is 2. The van der Waals surface area contributed by atoms with Gasteiger partial charge in [0, 0.05) is 16.5 Å². The lowest BCUT2D eigenvalue weighted by Gasteiger charge is -2.20. The van der Waals surface area contributed by atoms with E-state index in [9.17, 15) is 9.59 Å². The standard InChI is InChI=1S/C27H24ClN3O3S/c1-3-15-10-11-17-22(13-15)35-26(23(17)27(33)34-2)31-25(32)18-14-21(20-9-4-5-12-29-20)30-24-16(18)7-6-8-19(24)28/h4-9,12,14-15H,3,10-11,13H2,1-2H3,(H,31,32)/t15-/m1/s1. The quantitative estimate of drug-likeness (QED) is 0.310. The Morgan fingerprint density at radius 2 is 2.06 bits per heavy atom. The molecule has 0 radical (unpaired) electrons. The molecule has 0 aliphatic heterocycles. The van der Waals surface area contributed by atoms with Crippen LogP contribution in [-0.2, 0) is 17.6 Å². The van der Waals surface area contributed by atoms with Crippen molar-refractivity contribution in [2.75, 3.05) is 12.4 Å². The second-order valence-corrected chi connectivity index (χ2v) is 10.1. The van der Waals surface area contributed by atoms with Crippen LogP contribution in [0.5, 0.6) is 0 Å². The van der Waals surface area contributed by atoms with Crippen LogP contribution in [0.3, 0.4) is 0 Å². The first-order chi connectivity index (χ1) is 17.0. The number of benzene rings is 1. The zero-order valence-electron chi connectivity index (χ0n) is 19.4. The number of anilines is 1. The van der Waals surface area contributed by atoms with E-state index in [-0.39, 0.29) is 5.91 Å². The average molecular weight is 506 g/mol. The molecule has 1 amide bonds. The summed E-state index contributed by atoms with van der Waals surface area (Å²) in [6.45, 7) is 2.19. The Balaban J connectivity index is 1.60. The summed E-state index contributed by atoms with van der Waals surface area (Å²) >= 11 is 7.93. The van der Waals surface area contributed by atoms with E-state index in [2.05, 4.69) is 22.2 Å². The first kappa shape index (κ1) is 23.5. The van der Waals surface area contributed by atoms with Gasteiger partial charge in [-0.25, -0.2) is 9.78 Å². The molecule has 6 nitrogen and oxygen atoms in total. The number of amides is 1. The molecule has 8 heteroatoms. The van der Waals surface area contributed by atoms with Crippen LogP contribution in [0, 0.1) is 5.92 Å². The molecule has 1 aromatic carbocycles. The van der Waals surface area contributed by atoms with Crippen LogP contribution in [0.15, 0.2) is 48.7 Å². The van der Waals surface area contributed by atoms with E-state index >= 15 is 0 Å². The van der Waals surface area contributed by atoms with Crippen molar-refractivity contribution in [3.63, 3.8) is 0 Å². The number of ether oxygens (including phenoxy) is 1. The van der Waals surface area contributed by atoms with Crippen molar-refractivity contribution in [1.29, 1.82) is 0 Å². The molecule has 0 saturated carbocycles. The van der Waals surface area contributed by atoms with E-state index in [1.54, 1.807) is 24.4 Å². The number of nitrogens with zero attached hydrogens (tertiary/aromatic N) is 2. The minimum atomic E-state index is -0.426. The maximum atomic E-state index is 13.7. The molecule has 5 rings (SSSR count). The fourth-order valence-electron chi connectivity index (χ4n) is 4.63. The lowest BCUT2D eigenvalue weighted by Crippen LogP contribution is -2.17. The Morgan fingerprint density at radius 1 is 1.20 bits per heavy atom. The number of halogens is 1. The van der Waals surface area contributed by atoms with Crippen molar-refractivity contribution in [2.24, 2.45) is 5.92 Å². The lowest BCUT2D eigenvalue weighted by atomic mass is 9.85. The van der Waals surface area contributed by atoms with Crippen LogP contribution >= 0.6 is 22.9 Å². The summed E-state index contributed by atoms with van der Waals surface area (Å²) in [5.74, 6) is -0.181. The van der Waals surface area contributed by atoms with Crippen LogP contribution in [0.4, 0.5) is 5.00 Å². The van der Waals surface area contributed by atoms with Gasteiger partial charge in [-0.05, 0) is 55.0 Å². The van der Waals surface area contributed by atoms with E-state index in [4.69, 9.17) is 16.3 Å². The van der Waals surface area contributed by atoms with Crippen LogP contribution < -0.4 is 5.32 Å². The minimum absolute atomic E-state index is 0.340. The number of para-hydroxylation sites is 1. The van der Waals surface area contributed by atoms with Crippen molar-refractivity contribution in [3.05, 3.63) is 75.3 Å². The van der Waals surface area contributed by atoms with Crippen molar-refractivity contribution in [3.8, 4) is 11.4 Å². The van der Waals surface area contributed by atoms with Gasteiger partial charge >= 0.3 is 5.97 Å². The highest BCUT2D eigenvalue weighted by atomic mass is 35.5. The first-order valence-electron chi connectivity index (χ1n) is 11.5. The summed E-state index contributed by atoms with van der Waals surface area (Å²) in [6, 6.07) is 12.6. The molecule has 3 heterocycles. The number of nitrogens with one attached hydrogen (secondary N) is 1. The molecule has 1 N–H and O–H groups in total. The molecule has 1 aliphatic rings. The first-order valence-corrected chi connectivity index (χ1v) is 12.7. The predicted octanol–water partition coefficient (Wildman–Crippen LogP) is 6.57. The van der Waals surface area contributed by atoms with E-state index < -0.39 is 5.97 Å². The Hall–Kier alpha value is -3.29. The van der Waals surface area contributed by atoms with Gasteiger partial charge in [-0.1, -0.05) is 43.1 Å². The van der Waals surface area contributed by atoms with Gasteiger partial charge in [0.1, 0.15) is 5.00 Å². The molecule has 0 unspecified atom stereocenters. The SMILES string of the molecule is CC[C@@H]1CCc2c(sc(NC(=O)c3cc(-c4ccccn4)nc4c(Cl)cccc34)c2C(=O)OC)C1. The number of hydrogen-bond acceptors (Lipinski definition) is 6. The van der Waals surface area contributed by atoms with E-state index in [0.29, 0.717) is 49.4 Å². The van der Waals surface area contributed by atoms with Gasteiger partial charge in [-0.3, -0.25) is 9.78 Å². The van der Waals surface area contributed by atoms with Crippen LogP contribution in [-0.4, -0.2) is 29.0 Å². The number of esters is 1. The average Bonchev–Trinajstić information content (AvgIpc) is 3.25. The fraction of sp³-hybridized carbons (Fsp3) is 0.259. The second kappa shape index (κ2) is 9.76. The van der Waals surface area contributed by atoms with Crippen molar-refractivity contribution < 1.29 is 14.3 Å². The molecule has 35 heavy (non-hydrogen) atoms. The van der Waals surface area contributed by atoms with Gasteiger partial charge < -0.3 is 10.1 Å². The zero-order chi connectivity index (χ0) is 24.5. The maximum absolute atomic E-state index is 13.7. The Labute approximate surface area is 212 Å². The molecule has 0 saturated heterocycles. The number of methoxy groups -OCH3 is 1. The van der Waals surface area contributed by atoms with Gasteiger partial charge in [0.2, 0.25) is 0 Å². The van der Waals surface area contributed by atoms with Crippen molar-refractivity contribution in [2.45, 2.75) is 32.6 Å². The number of carbonyl (C=O) groups is 2. The van der Waals surface area contributed by atoms with Gasteiger partial charge in [0.25, 0.3) is 5.91 Å². The zero-order valence-corrected chi connectivity index (χ0v) is 21.0. The van der Waals surface area contributed by atoms with E-state index in [1.165, 1.54) is 18.4 Å². The second-order valence-electron chi connectivity index (χ2n) is 8.58. The highest BCUT2D eigenvalue weighted by Gasteiger charge is 2.30. The smallest absolute Gasteiger partial charge is 0.341 e. The summed E-state index contributed by atoms with van der Waals surface area (Å²) in [5, 5.41) is 4.61. The Kier molecular flexibility index (Phi) is 6.54. The van der Waals surface area contributed by atoms with Gasteiger partial charge in [-0.15, -0.1) is 11.3 Å². The number of carbonyl (C=O) groups excluding carboxylic acids is 2. The van der Waals surface area contributed by atoms with Gasteiger partial charge in [0.05, 0.1) is 40.2 Å². The van der Waals surface area contributed by atoms with E-state index in [0.717, 1.165) is 36.1 Å². The molecule has 0 spiro atoms. The third-order valence-electron chi connectivity index (χ3n) is 6.52. The Bertz CT molecular complexity index is 1430. The molecular formula is C27H24ClN3O3S. The lowest BCUT2D eigenvalue weighted by molar-refractivity contribution is 0.0601. The molecule has 1 aliphatic carbocycles. The number of rotatable bonds is 5. The molecule has 0 fully saturated rings. The summed E-state index contributed by atoms with van der Waals surface area (Å²) in [6.07, 6.45) is 5.51.